The van der Waals surface area contributed by atoms with E-state index in [-0.39, 0.29) is 6.04 Å². The zero-order valence-electron chi connectivity index (χ0n) is 12.3. The van der Waals surface area contributed by atoms with Gasteiger partial charge in [-0.15, -0.1) is 11.3 Å². The van der Waals surface area contributed by atoms with Gasteiger partial charge < -0.3 is 5.73 Å². The number of thiophene rings is 1. The van der Waals surface area contributed by atoms with Gasteiger partial charge in [-0.2, -0.15) is 0 Å². The minimum Gasteiger partial charge on any atom is -0.326 e. The van der Waals surface area contributed by atoms with Gasteiger partial charge in [-0.3, -0.25) is 4.90 Å². The molecular weight excluding hydrogens is 252 g/mol. The van der Waals surface area contributed by atoms with Gasteiger partial charge >= 0.3 is 0 Å². The quantitative estimate of drug-likeness (QED) is 0.852. The Kier molecular flexibility index (Phi) is 5.86. The van der Waals surface area contributed by atoms with E-state index in [1.165, 1.54) is 43.5 Å². The third-order valence-corrected chi connectivity index (χ3v) is 5.40. The van der Waals surface area contributed by atoms with E-state index in [1.54, 1.807) is 0 Å². The molecule has 0 aromatic carbocycles. The first-order valence-corrected chi connectivity index (χ1v) is 8.59. The van der Waals surface area contributed by atoms with Crippen LogP contribution >= 0.6 is 11.3 Å². The standard InChI is InChI=1S/C16H28N2S/c1-3-14(17)16(15-10-7-11-19-15)18(2)12-13-8-5-4-6-9-13/h7,10-11,13-14,16H,3-6,8-9,12,17H2,1-2H3. The van der Waals surface area contributed by atoms with Crippen LogP contribution in [-0.4, -0.2) is 24.5 Å². The number of hydrogen-bond acceptors (Lipinski definition) is 3. The van der Waals surface area contributed by atoms with Crippen LogP contribution in [-0.2, 0) is 0 Å². The SMILES string of the molecule is CCC(N)C(c1cccs1)N(C)CC1CCCCC1. The van der Waals surface area contributed by atoms with Crippen LogP contribution in [0.15, 0.2) is 17.5 Å². The fourth-order valence-corrected chi connectivity index (χ4v) is 4.29. The first-order chi connectivity index (χ1) is 9.22. The largest absolute Gasteiger partial charge is 0.326 e. The number of likely N-dealkylation sites (N-methyl/N-ethyl adjacent to an activating group) is 1. The third kappa shape index (κ3) is 4.04. The van der Waals surface area contributed by atoms with Crippen molar-refractivity contribution in [2.24, 2.45) is 11.7 Å². The highest BCUT2D eigenvalue weighted by Crippen LogP contribution is 2.31. The molecule has 2 atom stereocenters. The Morgan fingerprint density at radius 3 is 2.68 bits per heavy atom. The molecule has 1 saturated carbocycles. The highest BCUT2D eigenvalue weighted by atomic mass is 32.1. The summed E-state index contributed by atoms with van der Waals surface area (Å²) in [4.78, 5) is 3.93. The first-order valence-electron chi connectivity index (χ1n) is 7.71. The Balaban J connectivity index is 2.00. The van der Waals surface area contributed by atoms with Crippen LogP contribution < -0.4 is 5.73 Å². The van der Waals surface area contributed by atoms with Crippen molar-refractivity contribution < 1.29 is 0 Å². The van der Waals surface area contributed by atoms with Gasteiger partial charge in [-0.1, -0.05) is 32.3 Å². The van der Waals surface area contributed by atoms with Gasteiger partial charge in [0.25, 0.3) is 0 Å². The molecule has 1 heterocycles. The van der Waals surface area contributed by atoms with Crippen LogP contribution in [0.2, 0.25) is 0 Å². The Morgan fingerprint density at radius 2 is 2.11 bits per heavy atom. The van der Waals surface area contributed by atoms with E-state index in [4.69, 9.17) is 5.73 Å². The lowest BCUT2D eigenvalue weighted by Crippen LogP contribution is -2.40. The third-order valence-electron chi connectivity index (χ3n) is 4.46. The second kappa shape index (κ2) is 7.41. The van der Waals surface area contributed by atoms with E-state index in [0.717, 1.165) is 12.3 Å². The van der Waals surface area contributed by atoms with Crippen molar-refractivity contribution in [1.82, 2.24) is 4.90 Å². The van der Waals surface area contributed by atoms with Crippen LogP contribution in [0.25, 0.3) is 0 Å². The summed E-state index contributed by atoms with van der Waals surface area (Å²) in [5, 5.41) is 2.17. The number of hydrogen-bond donors (Lipinski definition) is 1. The van der Waals surface area contributed by atoms with Crippen molar-refractivity contribution >= 4 is 11.3 Å². The molecule has 2 nitrogen and oxygen atoms in total. The second-order valence-electron chi connectivity index (χ2n) is 5.98. The molecule has 1 aliphatic carbocycles. The van der Waals surface area contributed by atoms with Gasteiger partial charge in [0.1, 0.15) is 0 Å². The molecule has 1 aliphatic rings. The maximum atomic E-state index is 6.38. The van der Waals surface area contributed by atoms with Crippen LogP contribution in [0.4, 0.5) is 0 Å². The van der Waals surface area contributed by atoms with Crippen LogP contribution in [0.1, 0.15) is 56.4 Å². The van der Waals surface area contributed by atoms with Crippen LogP contribution in [0.5, 0.6) is 0 Å². The lowest BCUT2D eigenvalue weighted by molar-refractivity contribution is 0.163. The maximum absolute atomic E-state index is 6.38. The van der Waals surface area contributed by atoms with Gasteiger partial charge in [-0.05, 0) is 43.7 Å². The first kappa shape index (κ1) is 15.0. The summed E-state index contributed by atoms with van der Waals surface area (Å²) in [6.07, 6.45) is 8.12. The monoisotopic (exact) mass is 280 g/mol. The normalized spacial score (nSPS) is 20.6. The molecule has 108 valence electrons. The Hall–Kier alpha value is -0.380. The van der Waals surface area contributed by atoms with E-state index < -0.39 is 0 Å². The van der Waals surface area contributed by atoms with Crippen LogP contribution in [0, 0.1) is 5.92 Å². The van der Waals surface area contributed by atoms with Crippen LogP contribution in [0.3, 0.4) is 0 Å². The molecule has 0 saturated heterocycles. The van der Waals surface area contributed by atoms with Gasteiger partial charge in [-0.25, -0.2) is 0 Å². The minimum absolute atomic E-state index is 0.243. The summed E-state index contributed by atoms with van der Waals surface area (Å²) in [5.41, 5.74) is 6.38. The summed E-state index contributed by atoms with van der Waals surface area (Å²) in [6.45, 7) is 3.40. The number of nitrogens with zero attached hydrogens (tertiary/aromatic N) is 1. The van der Waals surface area contributed by atoms with Crippen molar-refractivity contribution in [3.63, 3.8) is 0 Å². The molecule has 3 heteroatoms. The summed E-state index contributed by atoms with van der Waals surface area (Å²) < 4.78 is 0. The molecule has 2 rings (SSSR count). The molecule has 0 spiro atoms. The smallest absolute Gasteiger partial charge is 0.0590 e. The number of nitrogens with two attached hydrogens (primary N) is 1. The maximum Gasteiger partial charge on any atom is 0.0590 e. The molecular formula is C16H28N2S. The highest BCUT2D eigenvalue weighted by Gasteiger charge is 2.26. The molecule has 1 fully saturated rings. The highest BCUT2D eigenvalue weighted by molar-refractivity contribution is 7.10. The molecule has 2 N–H and O–H groups in total. The fourth-order valence-electron chi connectivity index (χ4n) is 3.33. The molecule has 1 aromatic rings. The fraction of sp³-hybridized carbons (Fsp3) is 0.750. The Morgan fingerprint density at radius 1 is 1.37 bits per heavy atom. The van der Waals surface area contributed by atoms with Crippen molar-refractivity contribution in [2.75, 3.05) is 13.6 Å². The second-order valence-corrected chi connectivity index (χ2v) is 6.96. The van der Waals surface area contributed by atoms with E-state index >= 15 is 0 Å². The molecule has 0 aliphatic heterocycles. The van der Waals surface area contributed by atoms with Crippen molar-refractivity contribution in [2.45, 2.75) is 57.5 Å². The molecule has 2 unspecified atom stereocenters. The molecule has 0 bridgehead atoms. The lowest BCUT2D eigenvalue weighted by Gasteiger charge is -2.35. The molecule has 19 heavy (non-hydrogen) atoms. The minimum atomic E-state index is 0.243. The molecule has 0 radical (unpaired) electrons. The van der Waals surface area contributed by atoms with E-state index in [2.05, 4.69) is 36.4 Å². The molecule has 1 aromatic heterocycles. The Bertz CT molecular complexity index is 344. The van der Waals surface area contributed by atoms with E-state index in [0.29, 0.717) is 6.04 Å². The summed E-state index contributed by atoms with van der Waals surface area (Å²) in [7, 11) is 2.26. The van der Waals surface area contributed by atoms with Gasteiger partial charge in [0.15, 0.2) is 0 Å². The van der Waals surface area contributed by atoms with Crippen molar-refractivity contribution in [3.05, 3.63) is 22.4 Å². The zero-order chi connectivity index (χ0) is 13.7. The summed E-state index contributed by atoms with van der Waals surface area (Å²) in [6, 6.07) is 5.02. The summed E-state index contributed by atoms with van der Waals surface area (Å²) >= 11 is 1.84. The summed E-state index contributed by atoms with van der Waals surface area (Å²) in [5.74, 6) is 0.880. The Labute approximate surface area is 122 Å². The van der Waals surface area contributed by atoms with E-state index in [1.807, 2.05) is 11.3 Å². The van der Waals surface area contributed by atoms with Crippen molar-refractivity contribution in [3.8, 4) is 0 Å². The zero-order valence-corrected chi connectivity index (χ0v) is 13.2. The molecule has 0 amide bonds. The lowest BCUT2D eigenvalue weighted by atomic mass is 9.88. The van der Waals surface area contributed by atoms with Crippen molar-refractivity contribution in [1.29, 1.82) is 0 Å². The van der Waals surface area contributed by atoms with Gasteiger partial charge in [0.05, 0.1) is 6.04 Å². The predicted molar refractivity (Wildman–Crippen MR) is 84.5 cm³/mol. The van der Waals surface area contributed by atoms with Gasteiger partial charge in [0.2, 0.25) is 0 Å². The number of rotatable bonds is 6. The van der Waals surface area contributed by atoms with Gasteiger partial charge in [0, 0.05) is 17.5 Å². The average molecular weight is 280 g/mol. The average Bonchev–Trinajstić information content (AvgIpc) is 2.93. The predicted octanol–water partition coefficient (Wildman–Crippen LogP) is 4.04. The topological polar surface area (TPSA) is 29.3 Å². The van der Waals surface area contributed by atoms with E-state index in [9.17, 15) is 0 Å².